The van der Waals surface area contributed by atoms with E-state index in [2.05, 4.69) is 15.9 Å². The van der Waals surface area contributed by atoms with E-state index >= 15 is 0 Å². The molecule has 88 valence electrons. The van der Waals surface area contributed by atoms with Crippen LogP contribution in [0.15, 0.2) is 22.7 Å². The lowest BCUT2D eigenvalue weighted by Gasteiger charge is -2.28. The normalized spacial score (nSPS) is 23.1. The zero-order valence-corrected chi connectivity index (χ0v) is 10.5. The maximum atomic E-state index is 13.7. The molecule has 1 aliphatic rings. The molecule has 2 atom stereocenters. The van der Waals surface area contributed by atoms with Crippen LogP contribution in [0, 0.1) is 11.7 Å². The van der Waals surface area contributed by atoms with Crippen molar-refractivity contribution in [2.75, 3.05) is 13.2 Å². The van der Waals surface area contributed by atoms with Crippen LogP contribution in [0.1, 0.15) is 24.4 Å². The Bertz CT molecular complexity index is 346. The first-order valence-corrected chi connectivity index (χ1v) is 6.26. The van der Waals surface area contributed by atoms with Crippen LogP contribution >= 0.6 is 15.9 Å². The van der Waals surface area contributed by atoms with Crippen LogP contribution in [-0.2, 0) is 4.74 Å². The predicted octanol–water partition coefficient (Wildman–Crippen LogP) is 3.01. The minimum Gasteiger partial charge on any atom is -0.381 e. The van der Waals surface area contributed by atoms with Gasteiger partial charge in [0.25, 0.3) is 0 Å². The molecule has 2 N–H and O–H groups in total. The molecule has 0 spiro atoms. The van der Waals surface area contributed by atoms with Crippen LogP contribution in [0.4, 0.5) is 4.39 Å². The van der Waals surface area contributed by atoms with Gasteiger partial charge in [-0.25, -0.2) is 4.39 Å². The van der Waals surface area contributed by atoms with E-state index in [1.54, 1.807) is 6.07 Å². The lowest BCUT2D eigenvalue weighted by molar-refractivity contribution is 0.0442. The average Bonchev–Trinajstić information content (AvgIpc) is 2.30. The molecule has 2 unspecified atom stereocenters. The summed E-state index contributed by atoms with van der Waals surface area (Å²) < 4.78 is 19.8. The molecule has 0 radical (unpaired) electrons. The summed E-state index contributed by atoms with van der Waals surface area (Å²) in [5, 5.41) is 0. The van der Waals surface area contributed by atoms with Crippen molar-refractivity contribution in [3.8, 4) is 0 Å². The molecule has 0 aliphatic carbocycles. The van der Waals surface area contributed by atoms with E-state index in [1.807, 2.05) is 6.07 Å². The summed E-state index contributed by atoms with van der Waals surface area (Å²) in [6.07, 6.45) is 2.01. The second-order valence-corrected chi connectivity index (χ2v) is 4.99. The second-order valence-electron chi connectivity index (χ2n) is 4.14. The average molecular weight is 288 g/mol. The molecule has 1 aromatic carbocycles. The van der Waals surface area contributed by atoms with E-state index in [9.17, 15) is 4.39 Å². The highest BCUT2D eigenvalue weighted by Gasteiger charge is 2.26. The van der Waals surface area contributed by atoms with Crippen molar-refractivity contribution < 1.29 is 9.13 Å². The van der Waals surface area contributed by atoms with E-state index in [1.165, 1.54) is 6.07 Å². The van der Waals surface area contributed by atoms with E-state index in [4.69, 9.17) is 10.5 Å². The molecule has 1 fully saturated rings. The first kappa shape index (κ1) is 12.0. The van der Waals surface area contributed by atoms with Gasteiger partial charge in [-0.1, -0.05) is 22.0 Å². The topological polar surface area (TPSA) is 35.2 Å². The number of rotatable bonds is 2. The van der Waals surface area contributed by atoms with Gasteiger partial charge in [0.1, 0.15) is 5.82 Å². The van der Waals surface area contributed by atoms with Crippen molar-refractivity contribution in [2.24, 2.45) is 11.7 Å². The number of ether oxygens (including phenoxy) is 1. The molecule has 0 aromatic heterocycles. The summed E-state index contributed by atoms with van der Waals surface area (Å²) in [5.74, 6) is -0.0330. The van der Waals surface area contributed by atoms with E-state index in [0.717, 1.165) is 23.9 Å². The summed E-state index contributed by atoms with van der Waals surface area (Å²) >= 11 is 3.35. The molecule has 0 bridgehead atoms. The number of hydrogen-bond donors (Lipinski definition) is 1. The van der Waals surface area contributed by atoms with Gasteiger partial charge in [0.2, 0.25) is 0 Å². The van der Waals surface area contributed by atoms with E-state index in [-0.39, 0.29) is 17.8 Å². The number of benzene rings is 1. The molecule has 16 heavy (non-hydrogen) atoms. The fraction of sp³-hybridized carbons (Fsp3) is 0.500. The van der Waals surface area contributed by atoms with E-state index < -0.39 is 0 Å². The minimum absolute atomic E-state index is 0.210. The molecular formula is C12H15BrFNO. The Hall–Kier alpha value is -0.450. The summed E-state index contributed by atoms with van der Waals surface area (Å²) in [6, 6.07) is 4.65. The van der Waals surface area contributed by atoms with Crippen molar-refractivity contribution in [2.45, 2.75) is 18.9 Å². The van der Waals surface area contributed by atoms with Gasteiger partial charge in [0.05, 0.1) is 6.61 Å². The molecule has 1 saturated heterocycles. The monoisotopic (exact) mass is 287 g/mol. The Labute approximate surface area is 103 Å². The summed E-state index contributed by atoms with van der Waals surface area (Å²) in [5.41, 5.74) is 6.69. The van der Waals surface area contributed by atoms with Gasteiger partial charge in [-0.3, -0.25) is 0 Å². The Morgan fingerprint density at radius 3 is 2.94 bits per heavy atom. The first-order chi connectivity index (χ1) is 7.70. The lowest BCUT2D eigenvalue weighted by Crippen LogP contribution is -2.29. The minimum atomic E-state index is -0.295. The predicted molar refractivity (Wildman–Crippen MR) is 64.6 cm³/mol. The fourth-order valence-corrected chi connectivity index (χ4v) is 2.72. The smallest absolute Gasteiger partial charge is 0.129 e. The van der Waals surface area contributed by atoms with Crippen LogP contribution < -0.4 is 5.73 Å². The zero-order chi connectivity index (χ0) is 11.5. The van der Waals surface area contributed by atoms with Crippen LogP contribution in [-0.4, -0.2) is 13.2 Å². The van der Waals surface area contributed by atoms with Gasteiger partial charge in [-0.05, 0) is 25.0 Å². The number of nitrogens with two attached hydrogens (primary N) is 1. The Balaban J connectivity index is 2.22. The standard InChI is InChI=1S/C12H15BrFNO/c13-9-4-1-5-10(14)11(9)12(15)8-3-2-6-16-7-8/h1,4-5,8,12H,2-3,6-7,15H2. The first-order valence-electron chi connectivity index (χ1n) is 5.47. The Morgan fingerprint density at radius 1 is 1.50 bits per heavy atom. The fourth-order valence-electron chi connectivity index (χ4n) is 2.11. The number of halogens is 2. The van der Waals surface area contributed by atoms with Gasteiger partial charge >= 0.3 is 0 Å². The SMILES string of the molecule is NC(c1c(F)cccc1Br)C1CCCOC1. The van der Waals surface area contributed by atoms with Crippen LogP contribution in [0.25, 0.3) is 0 Å². The molecule has 1 aromatic rings. The highest BCUT2D eigenvalue weighted by molar-refractivity contribution is 9.10. The van der Waals surface area contributed by atoms with Crippen LogP contribution in [0.5, 0.6) is 0 Å². The van der Waals surface area contributed by atoms with Crippen molar-refractivity contribution >= 4 is 15.9 Å². The highest BCUT2D eigenvalue weighted by Crippen LogP contribution is 2.32. The molecule has 1 aliphatic heterocycles. The van der Waals surface area contributed by atoms with Gasteiger partial charge in [0, 0.05) is 28.6 Å². The zero-order valence-electron chi connectivity index (χ0n) is 8.96. The molecule has 1 heterocycles. The van der Waals surface area contributed by atoms with Crippen molar-refractivity contribution in [3.05, 3.63) is 34.1 Å². The van der Waals surface area contributed by atoms with Crippen molar-refractivity contribution in [1.29, 1.82) is 0 Å². The Kier molecular flexibility index (Phi) is 3.95. The molecule has 2 nitrogen and oxygen atoms in total. The van der Waals surface area contributed by atoms with Crippen LogP contribution in [0.3, 0.4) is 0 Å². The van der Waals surface area contributed by atoms with E-state index in [0.29, 0.717) is 12.2 Å². The molecular weight excluding hydrogens is 273 g/mol. The van der Waals surface area contributed by atoms with Gasteiger partial charge < -0.3 is 10.5 Å². The summed E-state index contributed by atoms with van der Waals surface area (Å²) in [4.78, 5) is 0. The van der Waals surface area contributed by atoms with Gasteiger partial charge in [0.15, 0.2) is 0 Å². The lowest BCUT2D eigenvalue weighted by atomic mass is 9.89. The maximum Gasteiger partial charge on any atom is 0.129 e. The molecule has 0 amide bonds. The maximum absolute atomic E-state index is 13.7. The summed E-state index contributed by atoms with van der Waals surface area (Å²) in [6.45, 7) is 1.42. The van der Waals surface area contributed by atoms with Crippen LogP contribution in [0.2, 0.25) is 0 Å². The third-order valence-corrected chi connectivity index (χ3v) is 3.73. The van der Waals surface area contributed by atoms with Crippen molar-refractivity contribution in [3.63, 3.8) is 0 Å². The van der Waals surface area contributed by atoms with Crippen molar-refractivity contribution in [1.82, 2.24) is 0 Å². The molecule has 4 heteroatoms. The quantitative estimate of drug-likeness (QED) is 0.908. The highest BCUT2D eigenvalue weighted by atomic mass is 79.9. The third-order valence-electron chi connectivity index (χ3n) is 3.04. The third kappa shape index (κ3) is 2.44. The summed E-state index contributed by atoms with van der Waals surface area (Å²) in [7, 11) is 0. The molecule has 2 rings (SSSR count). The van der Waals surface area contributed by atoms with Gasteiger partial charge in [-0.15, -0.1) is 0 Å². The second kappa shape index (κ2) is 5.25. The largest absolute Gasteiger partial charge is 0.381 e. The molecule has 0 saturated carbocycles. The number of hydrogen-bond acceptors (Lipinski definition) is 2. The van der Waals surface area contributed by atoms with Gasteiger partial charge in [-0.2, -0.15) is 0 Å². The Morgan fingerprint density at radius 2 is 2.31 bits per heavy atom.